The summed E-state index contributed by atoms with van der Waals surface area (Å²) in [7, 11) is -2.04. The van der Waals surface area contributed by atoms with Gasteiger partial charge in [0.05, 0.1) is 12.1 Å². The Morgan fingerprint density at radius 2 is 1.85 bits per heavy atom. The third-order valence-electron chi connectivity index (χ3n) is 5.71. The first kappa shape index (κ1) is 23.8. The van der Waals surface area contributed by atoms with Crippen molar-refractivity contribution in [3.05, 3.63) is 10.4 Å². The summed E-state index contributed by atoms with van der Waals surface area (Å²) < 4.78 is 12.3. The first-order valence-corrected chi connectivity index (χ1v) is 12.8. The van der Waals surface area contributed by atoms with Gasteiger partial charge in [0.1, 0.15) is 6.10 Å². The Kier molecular flexibility index (Phi) is 7.79. The smallest absolute Gasteiger partial charge is 0.410 e. The molecular weight excluding hydrogens is 360 g/mol. The lowest BCUT2D eigenvalue weighted by Crippen LogP contribution is -2.46. The highest BCUT2D eigenvalue weighted by atomic mass is 28.4. The molecule has 8 heteroatoms. The van der Waals surface area contributed by atoms with Gasteiger partial charge in [-0.3, -0.25) is 0 Å². The van der Waals surface area contributed by atoms with E-state index in [2.05, 4.69) is 71.6 Å². The fraction of sp³-hybridized carbons (Fsp3) is 0.947. The van der Waals surface area contributed by atoms with Crippen LogP contribution in [-0.4, -0.2) is 50.6 Å². The first-order chi connectivity index (χ1) is 12.2. The minimum absolute atomic E-state index is 0.0420. The van der Waals surface area contributed by atoms with E-state index in [1.165, 1.54) is 0 Å². The second kappa shape index (κ2) is 8.84. The third kappa shape index (κ3) is 6.40. The lowest BCUT2D eigenvalue weighted by molar-refractivity contribution is 0.00686. The number of hydrogen-bond donors (Lipinski definition) is 0. The fourth-order valence-corrected chi connectivity index (χ4v) is 4.22. The van der Waals surface area contributed by atoms with Crippen molar-refractivity contribution in [2.45, 2.75) is 97.7 Å². The molecule has 0 saturated carbocycles. The van der Waals surface area contributed by atoms with Gasteiger partial charge in [-0.05, 0) is 35.5 Å². The SMILES string of the molecule is CCCC(OC(=O)N1C[C@H](N=[N+]=[N-])[C@H](O[Si](C)(C)C(C)(C)C)C1)C(C)(C)C. The average Bonchev–Trinajstić information content (AvgIpc) is 2.87. The molecule has 1 fully saturated rings. The zero-order valence-corrected chi connectivity index (χ0v) is 19.6. The Balaban J connectivity index is 2.90. The van der Waals surface area contributed by atoms with E-state index >= 15 is 0 Å². The molecule has 0 aromatic carbocycles. The quantitative estimate of drug-likeness (QED) is 0.248. The molecule has 0 aliphatic carbocycles. The lowest BCUT2D eigenvalue weighted by Gasteiger charge is -2.39. The molecule has 1 aliphatic rings. The molecule has 0 spiro atoms. The van der Waals surface area contributed by atoms with Crippen molar-refractivity contribution in [3.63, 3.8) is 0 Å². The zero-order valence-electron chi connectivity index (χ0n) is 18.6. The molecule has 7 nitrogen and oxygen atoms in total. The topological polar surface area (TPSA) is 87.5 Å². The Bertz CT molecular complexity index is 562. The highest BCUT2D eigenvalue weighted by Crippen LogP contribution is 2.38. The van der Waals surface area contributed by atoms with E-state index in [9.17, 15) is 4.79 Å². The summed E-state index contributed by atoms with van der Waals surface area (Å²) in [6.07, 6.45) is 1.00. The summed E-state index contributed by atoms with van der Waals surface area (Å²) in [4.78, 5) is 17.4. The van der Waals surface area contributed by atoms with Gasteiger partial charge in [-0.1, -0.05) is 60.0 Å². The first-order valence-electron chi connectivity index (χ1n) is 9.90. The van der Waals surface area contributed by atoms with Crippen LogP contribution in [0.15, 0.2) is 5.11 Å². The van der Waals surface area contributed by atoms with Crippen LogP contribution in [0.3, 0.4) is 0 Å². The predicted octanol–water partition coefficient (Wildman–Crippen LogP) is 5.72. The Labute approximate surface area is 165 Å². The number of ether oxygens (including phenoxy) is 1. The number of amides is 1. The van der Waals surface area contributed by atoms with Crippen LogP contribution in [0, 0.1) is 5.41 Å². The molecule has 1 aliphatic heterocycles. The maximum atomic E-state index is 12.8. The second-order valence-corrected chi connectivity index (χ2v) is 14.9. The minimum Gasteiger partial charge on any atom is -0.446 e. The monoisotopic (exact) mass is 398 g/mol. The molecule has 1 rings (SSSR count). The Morgan fingerprint density at radius 1 is 1.26 bits per heavy atom. The largest absolute Gasteiger partial charge is 0.446 e. The lowest BCUT2D eigenvalue weighted by atomic mass is 9.86. The highest BCUT2D eigenvalue weighted by Gasteiger charge is 2.45. The summed E-state index contributed by atoms with van der Waals surface area (Å²) in [5.74, 6) is 0. The van der Waals surface area contributed by atoms with E-state index in [-0.39, 0.29) is 34.8 Å². The van der Waals surface area contributed by atoms with Crippen LogP contribution in [0.5, 0.6) is 0 Å². The summed E-state index contributed by atoms with van der Waals surface area (Å²) in [6, 6.07) is -0.379. The van der Waals surface area contributed by atoms with Gasteiger partial charge in [0, 0.05) is 18.0 Å². The summed E-state index contributed by atoms with van der Waals surface area (Å²) in [6.45, 7) is 19.9. The van der Waals surface area contributed by atoms with E-state index in [0.717, 1.165) is 12.8 Å². The van der Waals surface area contributed by atoms with E-state index in [4.69, 9.17) is 14.7 Å². The van der Waals surface area contributed by atoms with Crippen molar-refractivity contribution in [2.24, 2.45) is 10.5 Å². The standard InChI is InChI=1S/C19H38N4O3Si/c1-10-11-16(18(2,3)4)25-17(24)23-12-14(21-22-20)15(13-23)26-27(8,9)19(5,6)7/h14-16H,10-13H2,1-9H3/t14-,15+,16?/m0/s1. The van der Waals surface area contributed by atoms with Gasteiger partial charge >= 0.3 is 6.09 Å². The number of hydrogen-bond acceptors (Lipinski definition) is 4. The molecule has 27 heavy (non-hydrogen) atoms. The van der Waals surface area contributed by atoms with Gasteiger partial charge in [-0.15, -0.1) is 0 Å². The number of rotatable bonds is 6. The van der Waals surface area contributed by atoms with Gasteiger partial charge in [-0.25, -0.2) is 4.79 Å². The number of azide groups is 1. The maximum absolute atomic E-state index is 12.8. The van der Waals surface area contributed by atoms with E-state index in [0.29, 0.717) is 13.1 Å². The summed E-state index contributed by atoms with van der Waals surface area (Å²) in [5.41, 5.74) is 8.81. The molecule has 1 heterocycles. The average molecular weight is 399 g/mol. The number of likely N-dealkylation sites (tertiary alicyclic amines) is 1. The van der Waals surface area contributed by atoms with E-state index in [1.54, 1.807) is 4.90 Å². The van der Waals surface area contributed by atoms with Crippen LogP contribution in [-0.2, 0) is 9.16 Å². The maximum Gasteiger partial charge on any atom is 0.410 e. The molecule has 156 valence electrons. The van der Waals surface area contributed by atoms with Crippen LogP contribution in [0.2, 0.25) is 18.1 Å². The molecule has 0 N–H and O–H groups in total. The predicted molar refractivity (Wildman–Crippen MR) is 111 cm³/mol. The number of nitrogens with zero attached hydrogens (tertiary/aromatic N) is 4. The van der Waals surface area contributed by atoms with Crippen molar-refractivity contribution in [1.29, 1.82) is 0 Å². The van der Waals surface area contributed by atoms with Crippen LogP contribution < -0.4 is 0 Å². The molecule has 0 aromatic heterocycles. The number of carbonyl (C=O) groups is 1. The van der Waals surface area contributed by atoms with Crippen LogP contribution >= 0.6 is 0 Å². The summed E-state index contributed by atoms with van der Waals surface area (Å²) in [5, 5.41) is 3.94. The molecule has 1 amide bonds. The Morgan fingerprint density at radius 3 is 2.30 bits per heavy atom. The molecule has 0 aromatic rings. The van der Waals surface area contributed by atoms with Crippen molar-refractivity contribution >= 4 is 14.4 Å². The Hall–Kier alpha value is -1.24. The molecule has 0 bridgehead atoms. The minimum atomic E-state index is -2.04. The molecule has 1 saturated heterocycles. The normalized spacial score (nSPS) is 22.3. The van der Waals surface area contributed by atoms with Crippen molar-refractivity contribution in [3.8, 4) is 0 Å². The second-order valence-electron chi connectivity index (χ2n) is 10.1. The van der Waals surface area contributed by atoms with Crippen LogP contribution in [0.4, 0.5) is 4.79 Å². The fourth-order valence-electron chi connectivity index (χ4n) is 2.88. The van der Waals surface area contributed by atoms with Gasteiger partial charge < -0.3 is 14.1 Å². The third-order valence-corrected chi connectivity index (χ3v) is 10.2. The van der Waals surface area contributed by atoms with Crippen molar-refractivity contribution in [1.82, 2.24) is 4.90 Å². The van der Waals surface area contributed by atoms with Gasteiger partial charge in [0.15, 0.2) is 8.32 Å². The van der Waals surface area contributed by atoms with Crippen molar-refractivity contribution < 1.29 is 14.0 Å². The molecule has 1 unspecified atom stereocenters. The number of carbonyl (C=O) groups excluding carboxylic acids is 1. The van der Waals surface area contributed by atoms with Gasteiger partial charge in [-0.2, -0.15) is 0 Å². The summed E-state index contributed by atoms with van der Waals surface area (Å²) >= 11 is 0. The molecular formula is C19H38N4O3Si. The van der Waals surface area contributed by atoms with Crippen molar-refractivity contribution in [2.75, 3.05) is 13.1 Å². The van der Waals surface area contributed by atoms with Gasteiger partial charge in [0.2, 0.25) is 0 Å². The van der Waals surface area contributed by atoms with E-state index < -0.39 is 8.32 Å². The zero-order chi connectivity index (χ0) is 21.0. The van der Waals surface area contributed by atoms with E-state index in [1.807, 2.05) is 0 Å². The van der Waals surface area contributed by atoms with Gasteiger partial charge in [0.25, 0.3) is 0 Å². The molecule has 0 radical (unpaired) electrons. The molecule has 3 atom stereocenters. The van der Waals surface area contributed by atoms with Crippen LogP contribution in [0.1, 0.15) is 61.3 Å². The highest BCUT2D eigenvalue weighted by molar-refractivity contribution is 6.74. The van der Waals surface area contributed by atoms with Crippen LogP contribution in [0.25, 0.3) is 10.4 Å².